The predicted octanol–water partition coefficient (Wildman–Crippen LogP) is 8.28. The minimum atomic E-state index is -4.37. The minimum absolute atomic E-state index is 0.298. The number of fused-ring (bicyclic) bond motifs is 1. The number of benzene rings is 4. The zero-order chi connectivity index (χ0) is 24.8. The molecular weight excluding hydrogens is 447 g/mol. The Bertz CT molecular complexity index is 1220. The van der Waals surface area contributed by atoms with E-state index in [1.54, 1.807) is 0 Å². The average Bonchev–Trinajstić information content (AvgIpc) is 2.85. The molecule has 5 heteroatoms. The molecule has 0 aliphatic carbocycles. The van der Waals surface area contributed by atoms with Crippen LogP contribution in [-0.4, -0.2) is 17.5 Å². The maximum Gasteiger partial charge on any atom is 0.416 e. The predicted molar refractivity (Wildman–Crippen MR) is 135 cm³/mol. The normalized spacial score (nSPS) is 12.9. The highest BCUT2D eigenvalue weighted by Gasteiger charge is 2.30. The maximum absolute atomic E-state index is 13.0. The summed E-state index contributed by atoms with van der Waals surface area (Å²) < 4.78 is 45.3. The van der Waals surface area contributed by atoms with Gasteiger partial charge in [0.1, 0.15) is 11.9 Å². The van der Waals surface area contributed by atoms with E-state index in [-0.39, 0.29) is 6.10 Å². The van der Waals surface area contributed by atoms with Gasteiger partial charge in [-0.2, -0.15) is 13.2 Å². The zero-order valence-corrected chi connectivity index (χ0v) is 20.0. The Kier molecular flexibility index (Phi) is 7.76. The van der Waals surface area contributed by atoms with Gasteiger partial charge in [-0.15, -0.1) is 0 Å². The van der Waals surface area contributed by atoms with Crippen LogP contribution in [0.15, 0.2) is 97.1 Å². The van der Waals surface area contributed by atoms with Gasteiger partial charge in [0.2, 0.25) is 0 Å². The summed E-state index contributed by atoms with van der Waals surface area (Å²) in [5.41, 5.74) is 1.57. The van der Waals surface area contributed by atoms with Gasteiger partial charge < -0.3 is 4.74 Å². The molecule has 35 heavy (non-hydrogen) atoms. The van der Waals surface area contributed by atoms with Gasteiger partial charge in [-0.05, 0) is 66.1 Å². The number of rotatable bonds is 9. The highest BCUT2D eigenvalue weighted by atomic mass is 19.4. The van der Waals surface area contributed by atoms with E-state index in [0.29, 0.717) is 18.2 Å². The Labute approximate surface area is 205 Å². The molecule has 0 saturated heterocycles. The molecular formula is C30H30F3NO. The van der Waals surface area contributed by atoms with Gasteiger partial charge in [0.25, 0.3) is 0 Å². The molecule has 1 unspecified atom stereocenters. The smallest absolute Gasteiger partial charge is 0.416 e. The molecule has 0 heterocycles. The second-order valence-corrected chi connectivity index (χ2v) is 9.07. The maximum atomic E-state index is 13.0. The SMILES string of the molecule is CC(C)N(CCC(Oc1ccc(C(F)(F)F)cc1)c1ccc2ccccc2c1)Cc1ccccc1. The van der Waals surface area contributed by atoms with E-state index >= 15 is 0 Å². The van der Waals surface area contributed by atoms with Crippen LogP contribution in [0.5, 0.6) is 5.75 Å². The van der Waals surface area contributed by atoms with Crippen LogP contribution in [0.2, 0.25) is 0 Å². The van der Waals surface area contributed by atoms with Crippen LogP contribution in [0.3, 0.4) is 0 Å². The van der Waals surface area contributed by atoms with E-state index in [2.05, 4.69) is 55.1 Å². The Balaban J connectivity index is 1.57. The van der Waals surface area contributed by atoms with E-state index in [9.17, 15) is 13.2 Å². The van der Waals surface area contributed by atoms with Crippen molar-refractivity contribution < 1.29 is 17.9 Å². The Hall–Kier alpha value is -3.31. The minimum Gasteiger partial charge on any atom is -0.486 e. The number of halogens is 3. The van der Waals surface area contributed by atoms with E-state index in [1.807, 2.05) is 36.4 Å². The van der Waals surface area contributed by atoms with Crippen LogP contribution in [0.4, 0.5) is 13.2 Å². The third-order valence-corrected chi connectivity index (χ3v) is 6.24. The van der Waals surface area contributed by atoms with Crippen LogP contribution in [-0.2, 0) is 12.7 Å². The Morgan fingerprint density at radius 2 is 1.43 bits per heavy atom. The third kappa shape index (κ3) is 6.64. The number of hydrogen-bond acceptors (Lipinski definition) is 2. The monoisotopic (exact) mass is 477 g/mol. The lowest BCUT2D eigenvalue weighted by Gasteiger charge is -2.29. The quantitative estimate of drug-likeness (QED) is 0.240. The molecule has 0 bridgehead atoms. The van der Waals surface area contributed by atoms with Crippen LogP contribution in [0, 0.1) is 0 Å². The second kappa shape index (κ2) is 11.0. The van der Waals surface area contributed by atoms with Gasteiger partial charge >= 0.3 is 6.18 Å². The lowest BCUT2D eigenvalue weighted by molar-refractivity contribution is -0.137. The lowest BCUT2D eigenvalue weighted by Crippen LogP contribution is -2.32. The van der Waals surface area contributed by atoms with Crippen LogP contribution in [0.25, 0.3) is 10.8 Å². The highest BCUT2D eigenvalue weighted by Crippen LogP contribution is 2.33. The fraction of sp³-hybridized carbons (Fsp3) is 0.267. The molecule has 4 rings (SSSR count). The van der Waals surface area contributed by atoms with E-state index in [4.69, 9.17) is 4.74 Å². The molecule has 0 saturated carbocycles. The topological polar surface area (TPSA) is 12.5 Å². The van der Waals surface area contributed by atoms with Crippen molar-refractivity contribution in [3.63, 3.8) is 0 Å². The van der Waals surface area contributed by atoms with Crippen molar-refractivity contribution in [2.75, 3.05) is 6.54 Å². The summed E-state index contributed by atoms with van der Waals surface area (Å²) in [4.78, 5) is 2.39. The summed E-state index contributed by atoms with van der Waals surface area (Å²) in [6.07, 6.45) is -3.97. The molecule has 0 amide bonds. The van der Waals surface area contributed by atoms with Crippen molar-refractivity contribution in [2.24, 2.45) is 0 Å². The van der Waals surface area contributed by atoms with E-state index in [0.717, 1.165) is 41.6 Å². The van der Waals surface area contributed by atoms with Crippen LogP contribution in [0.1, 0.15) is 43.1 Å². The van der Waals surface area contributed by atoms with Crippen molar-refractivity contribution in [1.82, 2.24) is 4.90 Å². The fourth-order valence-corrected chi connectivity index (χ4v) is 4.21. The molecule has 0 N–H and O–H groups in total. The van der Waals surface area contributed by atoms with Crippen molar-refractivity contribution in [1.29, 1.82) is 0 Å². The van der Waals surface area contributed by atoms with Gasteiger partial charge in [-0.1, -0.05) is 66.7 Å². The summed E-state index contributed by atoms with van der Waals surface area (Å²) >= 11 is 0. The molecule has 4 aromatic rings. The fourth-order valence-electron chi connectivity index (χ4n) is 4.21. The van der Waals surface area contributed by atoms with E-state index < -0.39 is 11.7 Å². The van der Waals surface area contributed by atoms with Crippen molar-refractivity contribution >= 4 is 10.8 Å². The van der Waals surface area contributed by atoms with Gasteiger partial charge in [0, 0.05) is 25.6 Å². The summed E-state index contributed by atoms with van der Waals surface area (Å²) in [5, 5.41) is 2.24. The molecule has 0 aliphatic heterocycles. The zero-order valence-electron chi connectivity index (χ0n) is 20.0. The first-order chi connectivity index (χ1) is 16.8. The Morgan fingerprint density at radius 1 is 0.771 bits per heavy atom. The number of ether oxygens (including phenoxy) is 1. The number of alkyl halides is 3. The number of nitrogens with zero attached hydrogens (tertiary/aromatic N) is 1. The first kappa shape index (κ1) is 24.8. The van der Waals surface area contributed by atoms with Gasteiger partial charge in [0.15, 0.2) is 0 Å². The molecule has 0 aliphatic rings. The molecule has 0 radical (unpaired) electrons. The molecule has 0 fully saturated rings. The van der Waals surface area contributed by atoms with Gasteiger partial charge in [0.05, 0.1) is 5.56 Å². The third-order valence-electron chi connectivity index (χ3n) is 6.24. The molecule has 0 spiro atoms. The Morgan fingerprint density at radius 3 is 2.09 bits per heavy atom. The van der Waals surface area contributed by atoms with Gasteiger partial charge in [-0.3, -0.25) is 4.90 Å². The van der Waals surface area contributed by atoms with E-state index in [1.165, 1.54) is 17.7 Å². The number of hydrogen-bond donors (Lipinski definition) is 0. The molecule has 1 atom stereocenters. The molecule has 0 aromatic heterocycles. The lowest BCUT2D eigenvalue weighted by atomic mass is 10.0. The summed E-state index contributed by atoms with van der Waals surface area (Å²) in [6, 6.07) is 30.0. The van der Waals surface area contributed by atoms with Crippen molar-refractivity contribution in [3.05, 3.63) is 114 Å². The first-order valence-corrected chi connectivity index (χ1v) is 11.9. The highest BCUT2D eigenvalue weighted by molar-refractivity contribution is 5.83. The molecule has 182 valence electrons. The van der Waals surface area contributed by atoms with Crippen LogP contribution >= 0.6 is 0 Å². The summed E-state index contributed by atoms with van der Waals surface area (Å²) in [7, 11) is 0. The van der Waals surface area contributed by atoms with Crippen molar-refractivity contribution in [2.45, 2.75) is 45.1 Å². The summed E-state index contributed by atoms with van der Waals surface area (Å²) in [5.74, 6) is 0.426. The second-order valence-electron chi connectivity index (χ2n) is 9.07. The van der Waals surface area contributed by atoms with Gasteiger partial charge in [-0.25, -0.2) is 0 Å². The summed E-state index contributed by atoms with van der Waals surface area (Å²) in [6.45, 7) is 5.95. The molecule has 4 aromatic carbocycles. The molecule has 2 nitrogen and oxygen atoms in total. The standard InChI is InChI=1S/C30H30F3NO/c1-22(2)34(21-23-8-4-3-5-9-23)19-18-29(26-13-12-24-10-6-7-11-25(24)20-26)35-28-16-14-27(15-17-28)30(31,32)33/h3-17,20,22,29H,18-19,21H2,1-2H3. The first-order valence-electron chi connectivity index (χ1n) is 11.9. The average molecular weight is 478 g/mol. The van der Waals surface area contributed by atoms with Crippen molar-refractivity contribution in [3.8, 4) is 5.75 Å². The largest absolute Gasteiger partial charge is 0.486 e. The van der Waals surface area contributed by atoms with Crippen LogP contribution < -0.4 is 4.74 Å².